The second-order valence-electron chi connectivity index (χ2n) is 12.4. The van der Waals surface area contributed by atoms with Crippen molar-refractivity contribution >= 4 is 50.6 Å². The molecule has 1 aromatic heterocycles. The lowest BCUT2D eigenvalue weighted by Crippen LogP contribution is -2.72. The molecule has 0 unspecified atom stereocenters. The van der Waals surface area contributed by atoms with Gasteiger partial charge in [0.1, 0.15) is 0 Å². The zero-order chi connectivity index (χ0) is 29.5. The Morgan fingerprint density at radius 1 is 0.444 bits per heavy atom. The van der Waals surface area contributed by atoms with Crippen LogP contribution in [0.5, 0.6) is 0 Å². The Morgan fingerprint density at radius 3 is 1.80 bits per heavy atom. The van der Waals surface area contributed by atoms with Crippen LogP contribution in [-0.2, 0) is 6.42 Å². The third kappa shape index (κ3) is 3.27. The highest BCUT2D eigenvalue weighted by atomic mass is 28.3. The SMILES string of the molecule is c1ccc(-n2c3ccc([Si]4(c5ccccc5)c5ccccc5-c5ccccc54)cc3c3ccc4c(c32)Cc2ccccc2-4)cc1. The number of rotatable bonds is 3. The van der Waals surface area contributed by atoms with E-state index in [9.17, 15) is 0 Å². The topological polar surface area (TPSA) is 4.93 Å². The van der Waals surface area contributed by atoms with Gasteiger partial charge in [-0.05, 0) is 72.3 Å². The number of hydrogen-bond donors (Lipinski definition) is 0. The molecule has 2 heteroatoms. The third-order valence-corrected chi connectivity index (χ3v) is 15.2. The first kappa shape index (κ1) is 24.9. The Morgan fingerprint density at radius 2 is 1.07 bits per heavy atom. The minimum Gasteiger partial charge on any atom is -0.309 e. The maximum atomic E-state index is 2.56. The maximum Gasteiger partial charge on any atom is 0.180 e. The van der Waals surface area contributed by atoms with Crippen molar-refractivity contribution in [1.82, 2.24) is 4.57 Å². The number of nitrogens with zero attached hydrogens (tertiary/aromatic N) is 1. The summed E-state index contributed by atoms with van der Waals surface area (Å²) in [4.78, 5) is 0. The highest BCUT2D eigenvalue weighted by Gasteiger charge is 2.48. The molecule has 1 nitrogen and oxygen atoms in total. The van der Waals surface area contributed by atoms with Gasteiger partial charge in [0, 0.05) is 22.9 Å². The smallest absolute Gasteiger partial charge is 0.180 e. The predicted octanol–water partition coefficient (Wildman–Crippen LogP) is 7.71. The Balaban J connectivity index is 1.33. The van der Waals surface area contributed by atoms with Crippen LogP contribution in [0.4, 0.5) is 0 Å². The lowest BCUT2D eigenvalue weighted by Gasteiger charge is -2.31. The van der Waals surface area contributed by atoms with Crippen LogP contribution in [0, 0.1) is 0 Å². The molecular weight excluding hydrogens is 559 g/mol. The van der Waals surface area contributed by atoms with E-state index >= 15 is 0 Å². The van der Waals surface area contributed by atoms with Gasteiger partial charge in [-0.1, -0.05) is 146 Å². The molecule has 0 radical (unpaired) electrons. The summed E-state index contributed by atoms with van der Waals surface area (Å²) in [5.41, 5.74) is 12.2. The zero-order valence-electron chi connectivity index (χ0n) is 24.7. The van der Waals surface area contributed by atoms with Crippen molar-refractivity contribution in [3.63, 3.8) is 0 Å². The first-order valence-corrected chi connectivity index (χ1v) is 17.8. The van der Waals surface area contributed by atoms with Crippen LogP contribution >= 0.6 is 0 Å². The van der Waals surface area contributed by atoms with Gasteiger partial charge in [0.05, 0.1) is 11.0 Å². The fourth-order valence-electron chi connectivity index (χ4n) is 8.53. The Labute approximate surface area is 263 Å². The number of hydrogen-bond acceptors (Lipinski definition) is 0. The number of aromatic nitrogens is 1. The standard InChI is InChI=1S/C43H29NSi/c1-3-14-30(15-4-1)44-40-26-23-32(28-38(40)37-25-24-34-33-18-8-7-13-29(33)27-39(34)43(37)44)45(31-16-5-2-6-17-31)41-21-11-9-19-35(41)36-20-10-12-22-42(36)45/h1-26,28H,27H2. The third-order valence-electron chi connectivity index (χ3n) is 10.3. The number of benzene rings is 7. The number of para-hydroxylation sites is 1. The lowest BCUT2D eigenvalue weighted by atomic mass is 10.0. The van der Waals surface area contributed by atoms with Crippen molar-refractivity contribution in [2.75, 3.05) is 0 Å². The molecule has 2 aliphatic rings. The van der Waals surface area contributed by atoms with E-state index in [2.05, 4.69) is 168 Å². The first-order valence-electron chi connectivity index (χ1n) is 15.8. The molecule has 0 saturated heterocycles. The molecule has 1 aliphatic carbocycles. The second-order valence-corrected chi connectivity index (χ2v) is 16.2. The summed E-state index contributed by atoms with van der Waals surface area (Å²) in [6, 6.07) is 61.6. The molecule has 0 atom stereocenters. The maximum absolute atomic E-state index is 2.58. The molecule has 0 spiro atoms. The summed E-state index contributed by atoms with van der Waals surface area (Å²) in [6.45, 7) is 0. The van der Waals surface area contributed by atoms with Crippen LogP contribution in [-0.4, -0.2) is 12.6 Å². The molecule has 8 aromatic rings. The summed E-state index contributed by atoms with van der Waals surface area (Å²) >= 11 is 0. The molecule has 7 aromatic carbocycles. The van der Waals surface area contributed by atoms with Gasteiger partial charge in [0.2, 0.25) is 0 Å². The number of fused-ring (bicyclic) bond motifs is 10. The van der Waals surface area contributed by atoms with Gasteiger partial charge in [0.15, 0.2) is 8.07 Å². The highest BCUT2D eigenvalue weighted by molar-refractivity contribution is 7.22. The Hall–Kier alpha value is -5.44. The minimum absolute atomic E-state index is 0.961. The first-order chi connectivity index (χ1) is 22.3. The van der Waals surface area contributed by atoms with Crippen LogP contribution in [0.3, 0.4) is 0 Å². The zero-order valence-corrected chi connectivity index (χ0v) is 25.7. The van der Waals surface area contributed by atoms with Crippen LogP contribution < -0.4 is 20.7 Å². The minimum atomic E-state index is -2.58. The molecule has 0 saturated carbocycles. The fourth-order valence-corrected chi connectivity index (χ4v) is 13.7. The largest absolute Gasteiger partial charge is 0.309 e. The van der Waals surface area contributed by atoms with E-state index in [1.54, 1.807) is 0 Å². The molecule has 10 rings (SSSR count). The van der Waals surface area contributed by atoms with Crippen molar-refractivity contribution in [2.45, 2.75) is 6.42 Å². The Bertz CT molecular complexity index is 2410. The normalized spacial score (nSPS) is 13.9. The van der Waals surface area contributed by atoms with Crippen LogP contribution in [0.25, 0.3) is 49.7 Å². The summed E-state index contributed by atoms with van der Waals surface area (Å²) in [5, 5.41) is 8.51. The Kier molecular flexibility index (Phi) is 5.14. The van der Waals surface area contributed by atoms with Gasteiger partial charge < -0.3 is 4.57 Å². The van der Waals surface area contributed by atoms with Gasteiger partial charge in [-0.25, -0.2) is 0 Å². The molecule has 0 fully saturated rings. The van der Waals surface area contributed by atoms with E-state index < -0.39 is 8.07 Å². The molecule has 1 aliphatic heterocycles. The van der Waals surface area contributed by atoms with E-state index in [4.69, 9.17) is 0 Å². The van der Waals surface area contributed by atoms with E-state index in [-0.39, 0.29) is 0 Å². The van der Waals surface area contributed by atoms with Crippen LogP contribution in [0.1, 0.15) is 11.1 Å². The summed E-state index contributed by atoms with van der Waals surface area (Å²) in [6.07, 6.45) is 0.961. The quantitative estimate of drug-likeness (QED) is 0.187. The highest BCUT2D eigenvalue weighted by Crippen LogP contribution is 2.44. The van der Waals surface area contributed by atoms with E-state index in [1.165, 1.54) is 81.6 Å². The molecule has 210 valence electrons. The van der Waals surface area contributed by atoms with Gasteiger partial charge in [-0.2, -0.15) is 0 Å². The summed E-state index contributed by atoms with van der Waals surface area (Å²) < 4.78 is 2.52. The van der Waals surface area contributed by atoms with Gasteiger partial charge in [-0.15, -0.1) is 0 Å². The molecule has 45 heavy (non-hydrogen) atoms. The molecule has 0 amide bonds. The average Bonchev–Trinajstić information content (AvgIpc) is 3.75. The van der Waals surface area contributed by atoms with Crippen molar-refractivity contribution in [1.29, 1.82) is 0 Å². The predicted molar refractivity (Wildman–Crippen MR) is 192 cm³/mol. The average molecular weight is 588 g/mol. The van der Waals surface area contributed by atoms with Crippen molar-refractivity contribution in [2.24, 2.45) is 0 Å². The van der Waals surface area contributed by atoms with E-state index in [0.717, 1.165) is 6.42 Å². The van der Waals surface area contributed by atoms with Crippen molar-refractivity contribution < 1.29 is 0 Å². The van der Waals surface area contributed by atoms with E-state index in [0.29, 0.717) is 0 Å². The van der Waals surface area contributed by atoms with Crippen molar-refractivity contribution in [3.05, 3.63) is 175 Å². The van der Waals surface area contributed by atoms with E-state index in [1.807, 2.05) is 0 Å². The monoisotopic (exact) mass is 587 g/mol. The second kappa shape index (κ2) is 9.28. The van der Waals surface area contributed by atoms with Gasteiger partial charge in [0.25, 0.3) is 0 Å². The van der Waals surface area contributed by atoms with Crippen LogP contribution in [0.15, 0.2) is 164 Å². The van der Waals surface area contributed by atoms with Gasteiger partial charge >= 0.3 is 0 Å². The molecule has 0 bridgehead atoms. The van der Waals surface area contributed by atoms with Crippen molar-refractivity contribution in [3.8, 4) is 27.9 Å². The lowest BCUT2D eigenvalue weighted by molar-refractivity contribution is 1.15. The molecule has 0 N–H and O–H groups in total. The van der Waals surface area contributed by atoms with Gasteiger partial charge in [-0.3, -0.25) is 0 Å². The summed E-state index contributed by atoms with van der Waals surface area (Å²) in [7, 11) is -2.58. The van der Waals surface area contributed by atoms with Crippen LogP contribution in [0.2, 0.25) is 0 Å². The molecule has 2 heterocycles. The molecular formula is C43H29NSi. The fraction of sp³-hybridized carbons (Fsp3) is 0.0233. The summed E-state index contributed by atoms with van der Waals surface area (Å²) in [5.74, 6) is 0.